The Balaban J connectivity index is 1.62. The van der Waals surface area contributed by atoms with Gasteiger partial charge in [0.25, 0.3) is 5.91 Å². The number of carbonyl (C=O) groups excluding carboxylic acids is 2. The van der Waals surface area contributed by atoms with E-state index in [2.05, 4.69) is 53.6 Å². The lowest BCUT2D eigenvalue weighted by Gasteiger charge is -2.26. The molecule has 0 unspecified atom stereocenters. The van der Waals surface area contributed by atoms with Crippen molar-refractivity contribution >= 4 is 17.8 Å². The van der Waals surface area contributed by atoms with Crippen LogP contribution in [-0.2, 0) is 17.9 Å². The second-order valence-corrected chi connectivity index (χ2v) is 7.79. The summed E-state index contributed by atoms with van der Waals surface area (Å²) in [6.07, 6.45) is 0. The highest BCUT2D eigenvalue weighted by molar-refractivity contribution is 5.97. The molecule has 1 saturated heterocycles. The van der Waals surface area contributed by atoms with E-state index in [1.807, 2.05) is 31.3 Å². The molecule has 31 heavy (non-hydrogen) atoms. The number of hydrogen-bond donors (Lipinski definition) is 2. The summed E-state index contributed by atoms with van der Waals surface area (Å²) in [5, 5.41) is 6.07. The van der Waals surface area contributed by atoms with E-state index in [-0.39, 0.29) is 18.4 Å². The van der Waals surface area contributed by atoms with Gasteiger partial charge in [-0.15, -0.1) is 0 Å². The van der Waals surface area contributed by atoms with Gasteiger partial charge in [0.1, 0.15) is 0 Å². The van der Waals surface area contributed by atoms with Crippen LogP contribution < -0.4 is 10.6 Å². The molecule has 0 atom stereocenters. The third kappa shape index (κ3) is 6.31. The van der Waals surface area contributed by atoms with Gasteiger partial charge < -0.3 is 20.4 Å². The fourth-order valence-electron chi connectivity index (χ4n) is 3.43. The molecule has 1 aliphatic rings. The molecule has 2 aromatic carbocycles. The van der Waals surface area contributed by atoms with Crippen LogP contribution in [0.5, 0.6) is 0 Å². The highest BCUT2D eigenvalue weighted by Crippen LogP contribution is 2.11. The zero-order valence-electron chi connectivity index (χ0n) is 18.5. The van der Waals surface area contributed by atoms with Crippen molar-refractivity contribution in [2.45, 2.75) is 26.9 Å². The summed E-state index contributed by atoms with van der Waals surface area (Å²) in [5.41, 5.74) is 4.09. The Hall–Kier alpha value is -3.35. The summed E-state index contributed by atoms with van der Waals surface area (Å²) in [6.45, 7) is 7.36. The molecule has 0 aliphatic carbocycles. The van der Waals surface area contributed by atoms with Crippen LogP contribution in [0.3, 0.4) is 0 Å². The van der Waals surface area contributed by atoms with Crippen LogP contribution in [-0.4, -0.2) is 60.8 Å². The largest absolute Gasteiger partial charge is 0.357 e. The molecule has 1 fully saturated rings. The second kappa shape index (κ2) is 10.6. The zero-order valence-corrected chi connectivity index (χ0v) is 18.5. The minimum Gasteiger partial charge on any atom is -0.357 e. The molecule has 2 amide bonds. The maximum absolute atomic E-state index is 12.6. The molecule has 1 aliphatic heterocycles. The topological polar surface area (TPSA) is 77.0 Å². The number of guanidine groups is 1. The standard InChI is InChI=1S/C24H31N5O2/c1-4-25-24(28(3)16-20-7-5-18(2)6-8-20)27-15-19-9-11-21(12-10-19)23(31)29-14-13-26-22(30)17-29/h5-12H,4,13-17H2,1-3H3,(H,25,27)(H,26,30). The fourth-order valence-corrected chi connectivity index (χ4v) is 3.43. The van der Waals surface area contributed by atoms with Crippen LogP contribution in [0.2, 0.25) is 0 Å². The van der Waals surface area contributed by atoms with Crippen LogP contribution in [0.1, 0.15) is 34.0 Å². The molecule has 7 heteroatoms. The predicted molar refractivity (Wildman–Crippen MR) is 123 cm³/mol. The van der Waals surface area contributed by atoms with Crippen LogP contribution in [0.4, 0.5) is 0 Å². The van der Waals surface area contributed by atoms with Crippen LogP contribution in [0.15, 0.2) is 53.5 Å². The van der Waals surface area contributed by atoms with Crippen molar-refractivity contribution < 1.29 is 9.59 Å². The van der Waals surface area contributed by atoms with Crippen molar-refractivity contribution in [2.24, 2.45) is 4.99 Å². The van der Waals surface area contributed by atoms with Gasteiger partial charge in [0.15, 0.2) is 5.96 Å². The summed E-state index contributed by atoms with van der Waals surface area (Å²) in [6, 6.07) is 16.0. The second-order valence-electron chi connectivity index (χ2n) is 7.79. The lowest BCUT2D eigenvalue weighted by atomic mass is 10.1. The molecular weight excluding hydrogens is 390 g/mol. The van der Waals surface area contributed by atoms with Crippen LogP contribution >= 0.6 is 0 Å². The molecule has 0 bridgehead atoms. The predicted octanol–water partition coefficient (Wildman–Crippen LogP) is 2.16. The number of amides is 2. The Morgan fingerprint density at radius 3 is 2.45 bits per heavy atom. The van der Waals surface area contributed by atoms with Crippen molar-refractivity contribution in [3.8, 4) is 0 Å². The summed E-state index contributed by atoms with van der Waals surface area (Å²) >= 11 is 0. The normalized spacial score (nSPS) is 14.2. The molecular formula is C24H31N5O2. The van der Waals surface area contributed by atoms with Crippen LogP contribution in [0.25, 0.3) is 0 Å². The number of aryl methyl sites for hydroxylation is 1. The first-order valence-corrected chi connectivity index (χ1v) is 10.7. The Morgan fingerprint density at radius 2 is 1.81 bits per heavy atom. The van der Waals surface area contributed by atoms with E-state index in [1.54, 1.807) is 4.90 Å². The molecule has 3 rings (SSSR count). The molecule has 2 N–H and O–H groups in total. The monoisotopic (exact) mass is 421 g/mol. The zero-order chi connectivity index (χ0) is 22.2. The SMILES string of the molecule is CCNC(=NCc1ccc(C(=O)N2CCNC(=O)C2)cc1)N(C)Cc1ccc(C)cc1. The summed E-state index contributed by atoms with van der Waals surface area (Å²) in [5.74, 6) is 0.606. The first-order valence-electron chi connectivity index (χ1n) is 10.7. The van der Waals surface area contributed by atoms with Gasteiger partial charge in [-0.05, 0) is 37.1 Å². The third-order valence-electron chi connectivity index (χ3n) is 5.17. The minimum atomic E-state index is -0.115. The molecule has 0 radical (unpaired) electrons. The van der Waals surface area contributed by atoms with Crippen molar-refractivity contribution in [2.75, 3.05) is 33.2 Å². The van der Waals surface area contributed by atoms with Gasteiger partial charge >= 0.3 is 0 Å². The van der Waals surface area contributed by atoms with Gasteiger partial charge in [0.2, 0.25) is 5.91 Å². The fraction of sp³-hybridized carbons (Fsp3) is 0.375. The van der Waals surface area contributed by atoms with Gasteiger partial charge in [0.05, 0.1) is 13.1 Å². The Kier molecular flexibility index (Phi) is 7.65. The first-order chi connectivity index (χ1) is 15.0. The quantitative estimate of drug-likeness (QED) is 0.554. The lowest BCUT2D eigenvalue weighted by Crippen LogP contribution is -2.49. The highest BCUT2D eigenvalue weighted by atomic mass is 16.2. The summed E-state index contributed by atoms with van der Waals surface area (Å²) in [7, 11) is 2.03. The van der Waals surface area contributed by atoms with E-state index in [9.17, 15) is 9.59 Å². The van der Waals surface area contributed by atoms with Crippen LogP contribution in [0, 0.1) is 6.92 Å². The molecule has 1 heterocycles. The van der Waals surface area contributed by atoms with Crippen molar-refractivity contribution in [3.05, 3.63) is 70.8 Å². The lowest BCUT2D eigenvalue weighted by molar-refractivity contribution is -0.123. The van der Waals surface area contributed by atoms with Gasteiger partial charge in [-0.25, -0.2) is 4.99 Å². The molecule has 0 spiro atoms. The third-order valence-corrected chi connectivity index (χ3v) is 5.17. The van der Waals surface area contributed by atoms with E-state index in [4.69, 9.17) is 4.99 Å². The Bertz CT molecular complexity index is 922. The van der Waals surface area contributed by atoms with Crippen molar-refractivity contribution in [1.29, 1.82) is 0 Å². The number of carbonyl (C=O) groups is 2. The van der Waals surface area contributed by atoms with Gasteiger partial charge in [-0.1, -0.05) is 42.0 Å². The highest BCUT2D eigenvalue weighted by Gasteiger charge is 2.22. The number of aliphatic imine (C=N–C) groups is 1. The Labute approximate surface area is 184 Å². The summed E-state index contributed by atoms with van der Waals surface area (Å²) in [4.78, 5) is 32.6. The van der Waals surface area contributed by atoms with E-state index in [0.717, 1.165) is 24.6 Å². The molecule has 164 valence electrons. The summed E-state index contributed by atoms with van der Waals surface area (Å²) < 4.78 is 0. The minimum absolute atomic E-state index is 0.115. The average Bonchev–Trinajstić information content (AvgIpc) is 2.78. The van der Waals surface area contributed by atoms with Gasteiger partial charge in [-0.3, -0.25) is 9.59 Å². The smallest absolute Gasteiger partial charge is 0.254 e. The van der Waals surface area contributed by atoms with E-state index in [1.165, 1.54) is 11.1 Å². The first kappa shape index (κ1) is 22.3. The Morgan fingerprint density at radius 1 is 1.13 bits per heavy atom. The van der Waals surface area contributed by atoms with E-state index >= 15 is 0 Å². The number of nitrogens with zero attached hydrogens (tertiary/aromatic N) is 3. The number of piperazine rings is 1. The molecule has 7 nitrogen and oxygen atoms in total. The number of rotatable bonds is 6. The van der Waals surface area contributed by atoms with Crippen molar-refractivity contribution in [3.63, 3.8) is 0 Å². The molecule has 2 aromatic rings. The van der Waals surface area contributed by atoms with E-state index in [0.29, 0.717) is 25.2 Å². The average molecular weight is 422 g/mol. The molecule has 0 aromatic heterocycles. The van der Waals surface area contributed by atoms with Crippen molar-refractivity contribution in [1.82, 2.24) is 20.4 Å². The maximum Gasteiger partial charge on any atom is 0.254 e. The molecule has 0 saturated carbocycles. The van der Waals surface area contributed by atoms with Gasteiger partial charge in [0, 0.05) is 38.8 Å². The maximum atomic E-state index is 12.6. The van der Waals surface area contributed by atoms with Gasteiger partial charge in [-0.2, -0.15) is 0 Å². The number of nitrogens with one attached hydrogen (secondary N) is 2. The number of hydrogen-bond acceptors (Lipinski definition) is 3. The number of benzene rings is 2. The van der Waals surface area contributed by atoms with E-state index < -0.39 is 0 Å².